The summed E-state index contributed by atoms with van der Waals surface area (Å²) in [7, 11) is 0. The van der Waals surface area contributed by atoms with Crippen LogP contribution in [0, 0.1) is 6.92 Å². The van der Waals surface area contributed by atoms with Gasteiger partial charge in [0.1, 0.15) is 0 Å². The van der Waals surface area contributed by atoms with Gasteiger partial charge in [0.05, 0.1) is 44.8 Å². The molecule has 4 bridgehead atoms. The van der Waals surface area contributed by atoms with Crippen molar-refractivity contribution in [3.8, 4) is 33.6 Å². The molecule has 2 unspecified atom stereocenters. The Morgan fingerprint density at radius 2 is 0.923 bits per heavy atom. The lowest BCUT2D eigenvalue weighted by atomic mass is 9.71. The number of hydrogen-bond acceptors (Lipinski definition) is 4. The lowest BCUT2D eigenvalue weighted by molar-refractivity contribution is 0.344. The van der Waals surface area contributed by atoms with Gasteiger partial charge < -0.3 is 0 Å². The van der Waals surface area contributed by atoms with E-state index in [9.17, 15) is 0 Å². The fourth-order valence-electron chi connectivity index (χ4n) is 9.56. The van der Waals surface area contributed by atoms with Crippen LogP contribution in [0.3, 0.4) is 0 Å². The third-order valence-corrected chi connectivity index (χ3v) is 11.9. The van der Waals surface area contributed by atoms with E-state index in [0.29, 0.717) is 17.8 Å². The first-order valence-corrected chi connectivity index (χ1v) is 19.5. The maximum atomic E-state index is 5.29. The van der Waals surface area contributed by atoms with Crippen LogP contribution in [-0.4, -0.2) is 19.9 Å². The van der Waals surface area contributed by atoms with Gasteiger partial charge in [0.2, 0.25) is 0 Å². The molecule has 4 heteroatoms. The van der Waals surface area contributed by atoms with Crippen molar-refractivity contribution in [1.82, 2.24) is 19.9 Å². The molecule has 0 N–H and O–H groups in total. The van der Waals surface area contributed by atoms with E-state index >= 15 is 0 Å². The van der Waals surface area contributed by atoms with Crippen LogP contribution in [0.4, 0.5) is 0 Å². The number of nitrogens with zero attached hydrogens (tertiary/aromatic N) is 4. The van der Waals surface area contributed by atoms with Crippen LogP contribution in [0.5, 0.6) is 0 Å². The summed E-state index contributed by atoms with van der Waals surface area (Å²) in [6, 6.07) is 40.2. The molecule has 258 valence electrons. The molecular weight excluding hydrogens is 633 g/mol. The molecule has 52 heavy (non-hydrogen) atoms. The summed E-state index contributed by atoms with van der Waals surface area (Å²) in [6.45, 7) is 6.26. The average molecular weight is 679 g/mol. The molecule has 0 saturated heterocycles. The van der Waals surface area contributed by atoms with E-state index in [1.165, 1.54) is 78.6 Å². The van der Waals surface area contributed by atoms with Crippen molar-refractivity contribution in [2.45, 2.75) is 89.4 Å². The molecule has 0 aliphatic heterocycles. The SMILES string of the molecule is CC.Cc1cc2nc(-c3ccccc3)c(-c3ccccc3)nc2c2c1C1CCC2C1.c1ccc(-c2ccc3nc4c(nc3c2)C2CCC4CC2)cc1. The predicted octanol–water partition coefficient (Wildman–Crippen LogP) is 12.7. The van der Waals surface area contributed by atoms with E-state index < -0.39 is 0 Å². The highest BCUT2D eigenvalue weighted by molar-refractivity contribution is 5.90. The molecule has 0 amide bonds. The van der Waals surface area contributed by atoms with Crippen molar-refractivity contribution in [2.75, 3.05) is 0 Å². The van der Waals surface area contributed by atoms with Gasteiger partial charge in [-0.1, -0.05) is 111 Å². The minimum absolute atomic E-state index is 0.650. The van der Waals surface area contributed by atoms with E-state index in [1.54, 1.807) is 5.56 Å². The van der Waals surface area contributed by atoms with Crippen LogP contribution in [-0.2, 0) is 0 Å². The Hall–Kier alpha value is -5.22. The zero-order chi connectivity index (χ0) is 35.2. The van der Waals surface area contributed by atoms with E-state index in [-0.39, 0.29) is 0 Å². The summed E-state index contributed by atoms with van der Waals surface area (Å²) in [5.74, 6) is 2.71. The van der Waals surface area contributed by atoms with Crippen LogP contribution < -0.4 is 0 Å². The number of benzene rings is 5. The largest absolute Gasteiger partial charge is 0.249 e. The smallest absolute Gasteiger partial charge is 0.0973 e. The van der Waals surface area contributed by atoms with Gasteiger partial charge in [0.25, 0.3) is 0 Å². The Bertz CT molecular complexity index is 2380. The molecule has 5 aliphatic carbocycles. The average Bonchev–Trinajstić information content (AvgIpc) is 3.86. The summed E-state index contributed by atoms with van der Waals surface area (Å²) in [5, 5.41) is 0. The second-order valence-corrected chi connectivity index (χ2v) is 14.9. The van der Waals surface area contributed by atoms with Crippen molar-refractivity contribution < 1.29 is 0 Å². The summed E-state index contributed by atoms with van der Waals surface area (Å²) in [4.78, 5) is 20.5. The molecule has 2 fully saturated rings. The monoisotopic (exact) mass is 678 g/mol. The number of hydrogen-bond donors (Lipinski definition) is 0. The van der Waals surface area contributed by atoms with E-state index in [2.05, 4.69) is 116 Å². The standard InChI is InChI=1S/C26H22N2.C20H18N2.C2H6/c1-16-14-21-26(23-20-13-12-19(15-20)22(16)23)28-25(18-10-6-3-7-11-18)24(27-21)17-8-4-2-5-9-17;1-2-4-13(5-3-1)16-10-11-17-18(12-16)22-20-15-8-6-14(7-9-15)19(20)21-17;1-2/h2-11,14,19-20H,12-13,15H2,1H3;1-5,10-12,14-15H,6-9H2;1-2H3. The molecule has 12 rings (SSSR count). The van der Waals surface area contributed by atoms with Gasteiger partial charge in [0, 0.05) is 23.0 Å². The van der Waals surface area contributed by atoms with Crippen LogP contribution >= 0.6 is 0 Å². The molecule has 5 aromatic carbocycles. The maximum Gasteiger partial charge on any atom is 0.0973 e. The van der Waals surface area contributed by atoms with Crippen LogP contribution in [0.2, 0.25) is 0 Å². The van der Waals surface area contributed by atoms with Crippen molar-refractivity contribution in [1.29, 1.82) is 0 Å². The topological polar surface area (TPSA) is 51.6 Å². The fraction of sp³-hybridized carbons (Fsp3) is 0.292. The third-order valence-electron chi connectivity index (χ3n) is 11.9. The molecule has 2 saturated carbocycles. The van der Waals surface area contributed by atoms with Gasteiger partial charge in [-0.3, -0.25) is 0 Å². The lowest BCUT2D eigenvalue weighted by Crippen LogP contribution is -2.24. The van der Waals surface area contributed by atoms with Gasteiger partial charge in [-0.05, 0) is 110 Å². The quantitative estimate of drug-likeness (QED) is 0.187. The molecule has 4 nitrogen and oxygen atoms in total. The first kappa shape index (κ1) is 32.7. The van der Waals surface area contributed by atoms with Crippen LogP contribution in [0.25, 0.3) is 55.7 Å². The molecular formula is C48H46N4. The van der Waals surface area contributed by atoms with Gasteiger partial charge >= 0.3 is 0 Å². The molecule has 0 spiro atoms. The van der Waals surface area contributed by atoms with Gasteiger partial charge in [-0.2, -0.15) is 0 Å². The number of fused-ring (bicyclic) bond motifs is 10. The molecule has 2 heterocycles. The van der Waals surface area contributed by atoms with E-state index in [1.807, 2.05) is 19.9 Å². The number of aryl methyl sites for hydroxylation is 1. The zero-order valence-electron chi connectivity index (χ0n) is 30.5. The Morgan fingerprint density at radius 1 is 0.423 bits per heavy atom. The van der Waals surface area contributed by atoms with Crippen molar-refractivity contribution in [3.05, 3.63) is 143 Å². The van der Waals surface area contributed by atoms with Crippen molar-refractivity contribution in [2.24, 2.45) is 0 Å². The van der Waals surface area contributed by atoms with Crippen molar-refractivity contribution in [3.63, 3.8) is 0 Å². The normalized spacial score (nSPS) is 20.4. The Balaban J connectivity index is 0.000000136. The molecule has 2 atom stereocenters. The minimum atomic E-state index is 0.650. The highest BCUT2D eigenvalue weighted by Crippen LogP contribution is 2.56. The number of aromatic nitrogens is 4. The molecule has 0 radical (unpaired) electrons. The van der Waals surface area contributed by atoms with E-state index in [0.717, 1.165) is 50.5 Å². The van der Waals surface area contributed by atoms with E-state index in [4.69, 9.17) is 19.9 Å². The zero-order valence-corrected chi connectivity index (χ0v) is 30.5. The first-order valence-electron chi connectivity index (χ1n) is 19.5. The summed E-state index contributed by atoms with van der Waals surface area (Å²) in [5.41, 5.74) is 18.0. The second-order valence-electron chi connectivity index (χ2n) is 14.9. The summed E-state index contributed by atoms with van der Waals surface area (Å²) < 4.78 is 0. The first-order chi connectivity index (χ1) is 25.7. The van der Waals surface area contributed by atoms with Crippen molar-refractivity contribution >= 4 is 22.1 Å². The second kappa shape index (κ2) is 13.7. The summed E-state index contributed by atoms with van der Waals surface area (Å²) >= 11 is 0. The Labute approximate surface area is 307 Å². The summed E-state index contributed by atoms with van der Waals surface area (Å²) in [6.07, 6.45) is 9.16. The molecule has 2 aromatic heterocycles. The van der Waals surface area contributed by atoms with Crippen LogP contribution in [0.15, 0.2) is 115 Å². The highest BCUT2D eigenvalue weighted by Gasteiger charge is 2.40. The maximum absolute atomic E-state index is 5.29. The molecule has 7 aromatic rings. The predicted molar refractivity (Wildman–Crippen MR) is 215 cm³/mol. The fourth-order valence-corrected chi connectivity index (χ4v) is 9.56. The van der Waals surface area contributed by atoms with Crippen LogP contribution in [0.1, 0.15) is 111 Å². The third kappa shape index (κ3) is 5.69. The Morgan fingerprint density at radius 3 is 1.52 bits per heavy atom. The van der Waals surface area contributed by atoms with Gasteiger partial charge in [-0.15, -0.1) is 0 Å². The lowest BCUT2D eigenvalue weighted by Gasteiger charge is -2.36. The van der Waals surface area contributed by atoms with Gasteiger partial charge in [0.15, 0.2) is 0 Å². The van der Waals surface area contributed by atoms with Gasteiger partial charge in [-0.25, -0.2) is 19.9 Å². The Kier molecular flexibility index (Phi) is 8.62. The number of rotatable bonds is 3. The minimum Gasteiger partial charge on any atom is -0.249 e. The highest BCUT2D eigenvalue weighted by atomic mass is 14.9. The molecule has 5 aliphatic rings.